The molecule has 0 spiro atoms. The predicted molar refractivity (Wildman–Crippen MR) is 119 cm³/mol. The highest BCUT2D eigenvalue weighted by Crippen LogP contribution is 2.35. The van der Waals surface area contributed by atoms with Gasteiger partial charge in [-0.05, 0) is 64.8 Å². The summed E-state index contributed by atoms with van der Waals surface area (Å²) in [6, 6.07) is 3.41. The van der Waals surface area contributed by atoms with E-state index in [4.69, 9.17) is 4.74 Å². The number of carbonyl (C=O) groups excluding carboxylic acids is 3. The molecule has 34 heavy (non-hydrogen) atoms. The second-order valence-electron chi connectivity index (χ2n) is 9.35. The molecule has 0 bridgehead atoms. The maximum absolute atomic E-state index is 13.1. The number of nitrogens with zero attached hydrogens (tertiary/aromatic N) is 2. The summed E-state index contributed by atoms with van der Waals surface area (Å²) in [4.78, 5) is 42.2. The molecule has 1 aromatic rings. The van der Waals surface area contributed by atoms with Gasteiger partial charge in [0.2, 0.25) is 5.91 Å². The smallest absolute Gasteiger partial charge is 0.416 e. The van der Waals surface area contributed by atoms with Crippen LogP contribution < -0.4 is 5.32 Å². The van der Waals surface area contributed by atoms with Crippen LogP contribution in [0.3, 0.4) is 0 Å². The van der Waals surface area contributed by atoms with Crippen LogP contribution in [-0.2, 0) is 20.5 Å². The molecule has 1 aliphatic heterocycles. The highest BCUT2D eigenvalue weighted by atomic mass is 19.4. The molecular formula is C24H32F3N3O4. The van der Waals surface area contributed by atoms with Gasteiger partial charge in [-0.25, -0.2) is 0 Å². The van der Waals surface area contributed by atoms with Crippen molar-refractivity contribution < 1.29 is 32.3 Å². The molecule has 0 radical (unpaired) electrons. The van der Waals surface area contributed by atoms with Crippen LogP contribution in [-0.4, -0.2) is 72.5 Å². The number of rotatable bonds is 6. The van der Waals surface area contributed by atoms with Crippen LogP contribution in [0.15, 0.2) is 24.3 Å². The second kappa shape index (κ2) is 10.3. The summed E-state index contributed by atoms with van der Waals surface area (Å²) in [5, 5.41) is 2.57. The Balaban J connectivity index is 1.70. The van der Waals surface area contributed by atoms with Crippen molar-refractivity contribution in [1.82, 2.24) is 15.1 Å². The Kier molecular flexibility index (Phi) is 7.90. The lowest BCUT2D eigenvalue weighted by atomic mass is 9.80. The average molecular weight is 484 g/mol. The van der Waals surface area contributed by atoms with E-state index in [0.717, 1.165) is 24.6 Å². The van der Waals surface area contributed by atoms with Crippen LogP contribution in [0.2, 0.25) is 0 Å². The number of methoxy groups -OCH3 is 1. The van der Waals surface area contributed by atoms with E-state index >= 15 is 0 Å². The van der Waals surface area contributed by atoms with Gasteiger partial charge in [0.1, 0.15) is 6.04 Å². The molecule has 0 aromatic heterocycles. The molecule has 7 nitrogen and oxygen atoms in total. The molecule has 2 amide bonds. The zero-order valence-electron chi connectivity index (χ0n) is 19.9. The monoisotopic (exact) mass is 483 g/mol. The number of carbonyl (C=O) groups is 3. The fourth-order valence-electron chi connectivity index (χ4n) is 4.95. The van der Waals surface area contributed by atoms with E-state index in [1.165, 1.54) is 13.2 Å². The van der Waals surface area contributed by atoms with Crippen molar-refractivity contribution >= 4 is 17.8 Å². The quantitative estimate of drug-likeness (QED) is 0.630. The number of benzene rings is 1. The van der Waals surface area contributed by atoms with Crippen LogP contribution in [0.1, 0.15) is 55.5 Å². The zero-order valence-corrected chi connectivity index (χ0v) is 19.9. The summed E-state index contributed by atoms with van der Waals surface area (Å²) in [6.45, 7) is 4.52. The average Bonchev–Trinajstić information content (AvgIpc) is 3.16. The van der Waals surface area contributed by atoms with Crippen LogP contribution in [0.5, 0.6) is 0 Å². The van der Waals surface area contributed by atoms with Gasteiger partial charge in [-0.3, -0.25) is 14.4 Å². The number of halogens is 3. The van der Waals surface area contributed by atoms with Gasteiger partial charge >= 0.3 is 12.1 Å². The Morgan fingerprint density at radius 3 is 2.53 bits per heavy atom. The summed E-state index contributed by atoms with van der Waals surface area (Å²) < 4.78 is 44.0. The number of esters is 1. The van der Waals surface area contributed by atoms with Gasteiger partial charge < -0.3 is 19.9 Å². The number of nitrogens with one attached hydrogen (secondary N) is 1. The topological polar surface area (TPSA) is 79.0 Å². The lowest BCUT2D eigenvalue weighted by Crippen LogP contribution is -2.53. The Hall–Kier alpha value is -2.62. The molecule has 4 atom stereocenters. The number of likely N-dealkylation sites (tertiary alicyclic amines) is 1. The third-order valence-corrected chi connectivity index (χ3v) is 7.08. The van der Waals surface area contributed by atoms with Crippen molar-refractivity contribution in [2.45, 2.75) is 69.9 Å². The molecule has 1 aromatic carbocycles. The van der Waals surface area contributed by atoms with E-state index in [9.17, 15) is 27.6 Å². The van der Waals surface area contributed by atoms with Crippen LogP contribution in [0.4, 0.5) is 13.2 Å². The summed E-state index contributed by atoms with van der Waals surface area (Å²) in [7, 11) is 3.35. The van der Waals surface area contributed by atoms with Crippen molar-refractivity contribution in [3.05, 3.63) is 35.4 Å². The fourth-order valence-corrected chi connectivity index (χ4v) is 4.95. The maximum Gasteiger partial charge on any atom is 0.416 e. The van der Waals surface area contributed by atoms with E-state index in [0.29, 0.717) is 31.8 Å². The van der Waals surface area contributed by atoms with Gasteiger partial charge in [-0.15, -0.1) is 0 Å². The van der Waals surface area contributed by atoms with Crippen molar-refractivity contribution in [3.8, 4) is 0 Å². The molecule has 1 saturated carbocycles. The number of amides is 2. The second-order valence-corrected chi connectivity index (χ2v) is 9.35. The first-order valence-electron chi connectivity index (χ1n) is 11.5. The van der Waals surface area contributed by atoms with Crippen LogP contribution >= 0.6 is 0 Å². The molecule has 1 N–H and O–H groups in total. The van der Waals surface area contributed by atoms with Crippen LogP contribution in [0, 0.1) is 5.92 Å². The normalized spacial score (nSPS) is 25.7. The molecule has 188 valence electrons. The standard InChI is InChI=1S/C24H32F3N3O4/c1-14(2)29(3)17-8-9-20(18(13-17)23(33)34-4)30-11-10-19(22(30)32)28-21(31)15-6-5-7-16(12-15)24(25,26)27/h5-7,12,14,17-20H,8-11,13H2,1-4H3,(H,28,31). The minimum atomic E-state index is -4.57. The largest absolute Gasteiger partial charge is 0.469 e. The first kappa shape index (κ1) is 26.0. The third-order valence-electron chi connectivity index (χ3n) is 7.08. The Labute approximate surface area is 197 Å². The van der Waals surface area contributed by atoms with E-state index in [2.05, 4.69) is 24.1 Å². The van der Waals surface area contributed by atoms with Crippen molar-refractivity contribution in [3.63, 3.8) is 0 Å². The SMILES string of the molecule is COC(=O)C1CC(N(C)C(C)C)CCC1N1CCC(NC(=O)c2cccc(C(F)(F)F)c2)C1=O. The number of alkyl halides is 3. The predicted octanol–water partition coefficient (Wildman–Crippen LogP) is 3.09. The van der Waals surface area contributed by atoms with Gasteiger partial charge in [0, 0.05) is 30.2 Å². The van der Waals surface area contributed by atoms with E-state index in [1.54, 1.807) is 4.90 Å². The lowest BCUT2D eigenvalue weighted by Gasteiger charge is -2.43. The number of hydrogen-bond acceptors (Lipinski definition) is 5. The Morgan fingerprint density at radius 2 is 1.91 bits per heavy atom. The van der Waals surface area contributed by atoms with Gasteiger partial charge in [-0.2, -0.15) is 13.2 Å². The van der Waals surface area contributed by atoms with E-state index < -0.39 is 29.6 Å². The van der Waals surface area contributed by atoms with Gasteiger partial charge in [0.15, 0.2) is 0 Å². The minimum absolute atomic E-state index is 0.161. The van der Waals surface area contributed by atoms with E-state index in [1.807, 2.05) is 7.05 Å². The summed E-state index contributed by atoms with van der Waals surface area (Å²) in [5.74, 6) is -1.91. The Morgan fingerprint density at radius 1 is 1.21 bits per heavy atom. The lowest BCUT2D eigenvalue weighted by molar-refractivity contribution is -0.152. The zero-order chi connectivity index (χ0) is 25.2. The summed E-state index contributed by atoms with van der Waals surface area (Å²) >= 11 is 0. The first-order valence-corrected chi connectivity index (χ1v) is 11.5. The molecule has 3 rings (SSSR count). The highest BCUT2D eigenvalue weighted by Gasteiger charge is 2.45. The molecule has 10 heteroatoms. The fraction of sp³-hybridized carbons (Fsp3) is 0.625. The summed E-state index contributed by atoms with van der Waals surface area (Å²) in [6.07, 6.45) is -2.23. The molecule has 2 fully saturated rings. The first-order chi connectivity index (χ1) is 15.9. The molecule has 2 aliphatic rings. The van der Waals surface area contributed by atoms with Gasteiger partial charge in [0.05, 0.1) is 18.6 Å². The maximum atomic E-state index is 13.1. The molecule has 1 heterocycles. The van der Waals surface area contributed by atoms with Crippen LogP contribution in [0.25, 0.3) is 0 Å². The van der Waals surface area contributed by atoms with Gasteiger partial charge in [-0.1, -0.05) is 6.07 Å². The van der Waals surface area contributed by atoms with Gasteiger partial charge in [0.25, 0.3) is 5.91 Å². The minimum Gasteiger partial charge on any atom is -0.469 e. The van der Waals surface area contributed by atoms with Crippen molar-refractivity contribution in [2.75, 3.05) is 20.7 Å². The van der Waals surface area contributed by atoms with Crippen molar-refractivity contribution in [1.29, 1.82) is 0 Å². The summed E-state index contributed by atoms with van der Waals surface area (Å²) in [5.41, 5.74) is -1.09. The Bertz CT molecular complexity index is 921. The molecule has 1 aliphatic carbocycles. The number of ether oxygens (including phenoxy) is 1. The third kappa shape index (κ3) is 5.54. The highest BCUT2D eigenvalue weighted by molar-refractivity contribution is 5.98. The van der Waals surface area contributed by atoms with Crippen molar-refractivity contribution in [2.24, 2.45) is 5.92 Å². The molecule has 4 unspecified atom stereocenters. The number of hydrogen-bond donors (Lipinski definition) is 1. The molecular weight excluding hydrogens is 451 g/mol. The van der Waals surface area contributed by atoms with E-state index in [-0.39, 0.29) is 29.5 Å². The molecule has 1 saturated heterocycles.